The summed E-state index contributed by atoms with van der Waals surface area (Å²) in [6.07, 6.45) is 4.21. The third-order valence-electron chi connectivity index (χ3n) is 10.5. The van der Waals surface area contributed by atoms with E-state index in [2.05, 4.69) is 23.9 Å². The number of likely N-dealkylation sites (N-methyl/N-ethyl adjacent to an activating group) is 1. The molecule has 4 aliphatic rings. The number of piperazine rings is 1. The van der Waals surface area contributed by atoms with E-state index in [9.17, 15) is 22.8 Å². The zero-order valence-corrected chi connectivity index (χ0v) is 29.7. The standard InChI is InChI=1S/C33H42ClN7O5S2/c1-21-31-27(11-14-37(21)2)36-32(47-31)33(44)41-24(9-15-38-12-3-5-29(38)42)19-40(20-25(41)10-16-39-13-4-6-30(39)43)48(45,46)28-18-22-17-23(34)7-8-26(22)35-28/h7-8,17-18,21,24-25,35H,3-6,9-16,19-20H2,1-2H3. The van der Waals surface area contributed by atoms with Gasteiger partial charge in [-0.15, -0.1) is 11.3 Å². The maximum absolute atomic E-state index is 14.6. The summed E-state index contributed by atoms with van der Waals surface area (Å²) < 4.78 is 30.1. The lowest BCUT2D eigenvalue weighted by atomic mass is 10.0. The first-order valence-corrected chi connectivity index (χ1v) is 19.5. The summed E-state index contributed by atoms with van der Waals surface area (Å²) in [5, 5.41) is 1.67. The first-order valence-electron chi connectivity index (χ1n) is 16.9. The van der Waals surface area contributed by atoms with Crippen LogP contribution in [0.1, 0.15) is 71.9 Å². The zero-order chi connectivity index (χ0) is 33.7. The molecule has 1 N–H and O–H groups in total. The topological polar surface area (TPSA) is 130 Å². The summed E-state index contributed by atoms with van der Waals surface area (Å²) in [6, 6.07) is 5.92. The van der Waals surface area contributed by atoms with E-state index in [0.717, 1.165) is 36.4 Å². The number of carbonyl (C=O) groups excluding carboxylic acids is 3. The molecule has 48 heavy (non-hydrogen) atoms. The van der Waals surface area contributed by atoms with Crippen LogP contribution >= 0.6 is 22.9 Å². The number of carbonyl (C=O) groups is 3. The summed E-state index contributed by atoms with van der Waals surface area (Å²) in [5.74, 6) is -0.0449. The minimum Gasteiger partial charge on any atom is -0.345 e. The van der Waals surface area contributed by atoms with Gasteiger partial charge in [0.2, 0.25) is 11.8 Å². The SMILES string of the molecule is CC1c2sc(C(=O)N3C(CCN4CCCC4=O)CN(S(=O)(=O)c4cc5cc(Cl)ccc5[nH]4)CC3CCN3CCCC3=O)nc2CCN1C. The van der Waals surface area contributed by atoms with Crippen molar-refractivity contribution >= 4 is 61.6 Å². The third-order valence-corrected chi connectivity index (χ3v) is 13.7. The minimum atomic E-state index is -4.01. The normalized spacial score (nSPS) is 24.3. The van der Waals surface area contributed by atoms with E-state index in [1.807, 2.05) is 14.7 Å². The van der Waals surface area contributed by atoms with Gasteiger partial charge in [-0.2, -0.15) is 4.31 Å². The van der Waals surface area contributed by atoms with Crippen molar-refractivity contribution in [3.05, 3.63) is 44.9 Å². The molecule has 3 atom stereocenters. The van der Waals surface area contributed by atoms with Crippen molar-refractivity contribution in [2.24, 2.45) is 0 Å². The molecule has 12 nitrogen and oxygen atoms in total. The Kier molecular flexibility index (Phi) is 9.30. The predicted molar refractivity (Wildman–Crippen MR) is 184 cm³/mol. The van der Waals surface area contributed by atoms with E-state index in [4.69, 9.17) is 16.6 Å². The number of H-pyrrole nitrogens is 1. The van der Waals surface area contributed by atoms with Gasteiger partial charge >= 0.3 is 0 Å². The van der Waals surface area contributed by atoms with Gasteiger partial charge in [-0.3, -0.25) is 19.3 Å². The van der Waals surface area contributed by atoms with E-state index in [0.29, 0.717) is 72.8 Å². The molecule has 15 heteroatoms. The van der Waals surface area contributed by atoms with Crippen LogP contribution in [0.3, 0.4) is 0 Å². The van der Waals surface area contributed by atoms with Crippen molar-refractivity contribution in [3.63, 3.8) is 0 Å². The number of hydrogen-bond donors (Lipinski definition) is 1. The number of hydrogen-bond acceptors (Lipinski definition) is 8. The number of benzene rings is 1. The molecule has 0 saturated carbocycles. The molecule has 3 amide bonds. The van der Waals surface area contributed by atoms with E-state index in [-0.39, 0.29) is 41.9 Å². The average molecular weight is 716 g/mol. The number of rotatable bonds is 9. The Labute approximate surface area is 290 Å². The quantitative estimate of drug-likeness (QED) is 0.358. The molecule has 0 radical (unpaired) electrons. The first kappa shape index (κ1) is 33.5. The number of halogens is 1. The lowest BCUT2D eigenvalue weighted by Gasteiger charge is -2.46. The molecule has 3 fully saturated rings. The lowest BCUT2D eigenvalue weighted by molar-refractivity contribution is -0.128. The lowest BCUT2D eigenvalue weighted by Crippen LogP contribution is -2.62. The number of nitrogens with one attached hydrogen (secondary N) is 1. The van der Waals surface area contributed by atoms with E-state index in [1.165, 1.54) is 15.6 Å². The summed E-state index contributed by atoms with van der Waals surface area (Å²) in [6.45, 7) is 5.32. The number of aromatic nitrogens is 2. The van der Waals surface area contributed by atoms with Crippen molar-refractivity contribution in [1.29, 1.82) is 0 Å². The molecule has 0 bridgehead atoms. The minimum absolute atomic E-state index is 0.0622. The molecule has 258 valence electrons. The average Bonchev–Trinajstić information content (AvgIpc) is 3.87. The van der Waals surface area contributed by atoms with E-state index < -0.39 is 22.1 Å². The van der Waals surface area contributed by atoms with Crippen molar-refractivity contribution < 1.29 is 22.8 Å². The van der Waals surface area contributed by atoms with Gasteiger partial charge in [-0.25, -0.2) is 13.4 Å². The fourth-order valence-corrected chi connectivity index (χ4v) is 10.5. The van der Waals surface area contributed by atoms with Gasteiger partial charge in [0.25, 0.3) is 15.9 Å². The summed E-state index contributed by atoms with van der Waals surface area (Å²) in [5.41, 5.74) is 1.61. The van der Waals surface area contributed by atoms with Crippen molar-refractivity contribution in [2.75, 3.05) is 52.9 Å². The van der Waals surface area contributed by atoms with Crippen LogP contribution in [-0.4, -0.2) is 125 Å². The molecule has 0 aliphatic carbocycles. The second-order valence-corrected chi connectivity index (χ2v) is 16.9. The fraction of sp³-hybridized carbons (Fsp3) is 0.576. The van der Waals surface area contributed by atoms with Gasteiger partial charge in [0.1, 0.15) is 5.03 Å². The molecule has 7 rings (SSSR count). The second-order valence-electron chi connectivity index (χ2n) is 13.5. The molecule has 2 aromatic heterocycles. The van der Waals surface area contributed by atoms with Gasteiger partial charge in [0.05, 0.1) is 5.69 Å². The van der Waals surface area contributed by atoms with Gasteiger partial charge in [-0.05, 0) is 63.9 Å². The molecular weight excluding hydrogens is 674 g/mol. The Hall–Kier alpha value is -3.04. The Balaban J connectivity index is 1.24. The van der Waals surface area contributed by atoms with Gasteiger partial charge in [0.15, 0.2) is 5.01 Å². The highest BCUT2D eigenvalue weighted by Gasteiger charge is 2.44. The van der Waals surface area contributed by atoms with Gasteiger partial charge < -0.3 is 19.7 Å². The summed E-state index contributed by atoms with van der Waals surface area (Å²) in [4.78, 5) is 56.5. The highest BCUT2D eigenvalue weighted by atomic mass is 35.5. The number of aromatic amines is 1. The molecule has 3 aromatic rings. The Morgan fingerprint density at radius 3 is 2.23 bits per heavy atom. The summed E-state index contributed by atoms with van der Waals surface area (Å²) >= 11 is 7.62. The zero-order valence-electron chi connectivity index (χ0n) is 27.4. The molecule has 0 spiro atoms. The summed E-state index contributed by atoms with van der Waals surface area (Å²) in [7, 11) is -1.94. The highest BCUT2D eigenvalue weighted by Crippen LogP contribution is 2.36. The van der Waals surface area contributed by atoms with Crippen LogP contribution < -0.4 is 0 Å². The predicted octanol–water partition coefficient (Wildman–Crippen LogP) is 3.74. The number of fused-ring (bicyclic) bond motifs is 2. The largest absolute Gasteiger partial charge is 0.345 e. The van der Waals surface area contributed by atoms with Crippen LogP contribution in [0.25, 0.3) is 10.9 Å². The van der Waals surface area contributed by atoms with Crippen molar-refractivity contribution in [3.8, 4) is 0 Å². The Morgan fingerprint density at radius 2 is 1.62 bits per heavy atom. The van der Waals surface area contributed by atoms with Crippen LogP contribution in [0, 0.1) is 0 Å². The maximum Gasteiger partial charge on any atom is 0.283 e. The first-order chi connectivity index (χ1) is 23.0. The smallest absolute Gasteiger partial charge is 0.283 e. The second kappa shape index (κ2) is 13.3. The van der Waals surface area contributed by atoms with Gasteiger partial charge in [-0.1, -0.05) is 11.6 Å². The fourth-order valence-electron chi connectivity index (χ4n) is 7.60. The number of thiazole rings is 1. The molecule has 3 saturated heterocycles. The number of sulfonamides is 1. The van der Waals surface area contributed by atoms with Gasteiger partial charge in [0, 0.05) is 104 Å². The number of likely N-dealkylation sites (tertiary alicyclic amines) is 2. The van der Waals surface area contributed by atoms with Crippen LogP contribution in [0.4, 0.5) is 0 Å². The van der Waals surface area contributed by atoms with E-state index in [1.54, 1.807) is 24.3 Å². The molecule has 4 aliphatic heterocycles. The van der Waals surface area contributed by atoms with E-state index >= 15 is 0 Å². The molecular formula is C33H42ClN7O5S2. The Morgan fingerprint density at radius 1 is 0.979 bits per heavy atom. The number of nitrogens with zero attached hydrogens (tertiary/aromatic N) is 6. The van der Waals surface area contributed by atoms with Crippen molar-refractivity contribution in [1.82, 2.24) is 33.9 Å². The third kappa shape index (κ3) is 6.37. The Bertz CT molecular complexity index is 1800. The highest BCUT2D eigenvalue weighted by molar-refractivity contribution is 7.89. The monoisotopic (exact) mass is 715 g/mol. The maximum atomic E-state index is 14.6. The molecule has 1 aromatic carbocycles. The molecule has 3 unspecified atom stereocenters. The van der Waals surface area contributed by atoms with Crippen LogP contribution in [-0.2, 0) is 26.0 Å². The molecule has 6 heterocycles. The van der Waals surface area contributed by atoms with Crippen LogP contribution in [0.15, 0.2) is 29.3 Å². The van der Waals surface area contributed by atoms with Crippen LogP contribution in [0.2, 0.25) is 5.02 Å². The number of amides is 3. The van der Waals surface area contributed by atoms with Crippen molar-refractivity contribution in [2.45, 2.75) is 75.0 Å². The van der Waals surface area contributed by atoms with Crippen LogP contribution in [0.5, 0.6) is 0 Å².